The second kappa shape index (κ2) is 5.90. The molecule has 1 aromatic carbocycles. The Morgan fingerprint density at radius 1 is 1.15 bits per heavy atom. The fraction of sp³-hybridized carbons (Fsp3) is 0.375. The van der Waals surface area contributed by atoms with Crippen molar-refractivity contribution in [1.29, 1.82) is 0 Å². The van der Waals surface area contributed by atoms with Crippen LogP contribution in [0.1, 0.15) is 29.8 Å². The number of aliphatic carboxylic acids is 1. The Hall–Kier alpha value is -2.10. The van der Waals surface area contributed by atoms with Crippen molar-refractivity contribution in [2.45, 2.75) is 13.8 Å². The maximum atomic E-state index is 12.3. The summed E-state index contributed by atoms with van der Waals surface area (Å²) in [6.07, 6.45) is 2.59. The van der Waals surface area contributed by atoms with Crippen molar-refractivity contribution in [1.82, 2.24) is 4.90 Å². The summed E-state index contributed by atoms with van der Waals surface area (Å²) in [6.45, 7) is 5.94. The molecule has 4 heteroatoms. The number of carbonyl (C=O) groups is 2. The first kappa shape index (κ1) is 14.3. The van der Waals surface area contributed by atoms with Gasteiger partial charge in [-0.2, -0.15) is 0 Å². The summed E-state index contributed by atoms with van der Waals surface area (Å²) in [5.41, 5.74) is 1.42. The third-order valence-electron chi connectivity index (χ3n) is 3.85. The van der Waals surface area contributed by atoms with E-state index in [2.05, 4.69) is 13.8 Å². The number of carboxylic acid groups (broad SMARTS) is 1. The summed E-state index contributed by atoms with van der Waals surface area (Å²) in [5.74, 6) is 0.147. The number of benzene rings is 1. The molecule has 1 amide bonds. The minimum Gasteiger partial charge on any atom is -0.478 e. The monoisotopic (exact) mass is 273 g/mol. The number of rotatable bonds is 3. The molecule has 1 N–H and O–H groups in total. The van der Waals surface area contributed by atoms with Crippen molar-refractivity contribution >= 4 is 18.0 Å². The van der Waals surface area contributed by atoms with Crippen molar-refractivity contribution in [3.63, 3.8) is 0 Å². The van der Waals surface area contributed by atoms with Crippen LogP contribution in [0.2, 0.25) is 0 Å². The van der Waals surface area contributed by atoms with Gasteiger partial charge < -0.3 is 10.0 Å². The molecule has 0 saturated carbocycles. The molecule has 2 rings (SSSR count). The summed E-state index contributed by atoms with van der Waals surface area (Å²) in [5, 5.41) is 8.56. The van der Waals surface area contributed by atoms with Gasteiger partial charge in [-0.1, -0.05) is 26.0 Å². The zero-order valence-electron chi connectivity index (χ0n) is 11.7. The molecule has 1 fully saturated rings. The number of nitrogens with zero attached hydrogens (tertiary/aromatic N) is 1. The van der Waals surface area contributed by atoms with Gasteiger partial charge in [-0.3, -0.25) is 4.79 Å². The van der Waals surface area contributed by atoms with Crippen molar-refractivity contribution < 1.29 is 14.7 Å². The maximum Gasteiger partial charge on any atom is 0.328 e. The van der Waals surface area contributed by atoms with Crippen LogP contribution in [0, 0.1) is 11.8 Å². The summed E-state index contributed by atoms with van der Waals surface area (Å²) < 4.78 is 0. The highest BCUT2D eigenvalue weighted by Gasteiger charge is 2.29. The number of amides is 1. The van der Waals surface area contributed by atoms with E-state index in [-0.39, 0.29) is 5.91 Å². The lowest BCUT2D eigenvalue weighted by atomic mass is 10.0. The molecule has 0 radical (unpaired) electrons. The first-order valence-electron chi connectivity index (χ1n) is 6.77. The molecule has 1 aliphatic heterocycles. The lowest BCUT2D eigenvalue weighted by Crippen LogP contribution is -2.28. The minimum absolute atomic E-state index is 0.0509. The largest absolute Gasteiger partial charge is 0.478 e. The standard InChI is InChI=1S/C16H19NO3/c1-11-9-17(10-12(11)2)16(20)14-6-3-13(4-7-14)5-8-15(18)19/h3-8,11-12H,9-10H2,1-2H3,(H,18,19). The van der Waals surface area contributed by atoms with Gasteiger partial charge in [-0.05, 0) is 35.6 Å². The van der Waals surface area contributed by atoms with Crippen LogP contribution in [-0.4, -0.2) is 35.0 Å². The Balaban J connectivity index is 2.06. The third kappa shape index (κ3) is 3.26. The normalized spacial score (nSPS) is 22.4. The van der Waals surface area contributed by atoms with Crippen molar-refractivity contribution in [2.75, 3.05) is 13.1 Å². The predicted octanol–water partition coefficient (Wildman–Crippen LogP) is 2.51. The highest BCUT2D eigenvalue weighted by molar-refractivity contribution is 5.94. The summed E-state index contributed by atoms with van der Waals surface area (Å²) in [7, 11) is 0. The number of likely N-dealkylation sites (tertiary alicyclic amines) is 1. The molecule has 0 spiro atoms. The van der Waals surface area contributed by atoms with Crippen molar-refractivity contribution in [3.05, 3.63) is 41.5 Å². The van der Waals surface area contributed by atoms with Gasteiger partial charge in [0.1, 0.15) is 0 Å². The maximum absolute atomic E-state index is 12.3. The van der Waals surface area contributed by atoms with E-state index in [1.807, 2.05) is 4.90 Å². The van der Waals surface area contributed by atoms with E-state index in [0.29, 0.717) is 17.4 Å². The fourth-order valence-electron chi connectivity index (χ4n) is 2.38. The lowest BCUT2D eigenvalue weighted by molar-refractivity contribution is -0.131. The van der Waals surface area contributed by atoms with Crippen molar-refractivity contribution in [2.24, 2.45) is 11.8 Å². The zero-order chi connectivity index (χ0) is 14.7. The topological polar surface area (TPSA) is 57.6 Å². The van der Waals surface area contributed by atoms with Gasteiger partial charge in [0.05, 0.1) is 0 Å². The van der Waals surface area contributed by atoms with Crippen LogP contribution in [-0.2, 0) is 4.79 Å². The fourth-order valence-corrected chi connectivity index (χ4v) is 2.38. The van der Waals surface area contributed by atoms with E-state index in [0.717, 1.165) is 24.7 Å². The molecule has 0 aromatic heterocycles. The van der Waals surface area contributed by atoms with E-state index in [1.165, 1.54) is 6.08 Å². The number of carboxylic acids is 1. The van der Waals surface area contributed by atoms with Gasteiger partial charge >= 0.3 is 5.97 Å². The Morgan fingerprint density at radius 3 is 2.20 bits per heavy atom. The van der Waals surface area contributed by atoms with Gasteiger partial charge in [0, 0.05) is 24.7 Å². The second-order valence-electron chi connectivity index (χ2n) is 5.46. The van der Waals surface area contributed by atoms with Crippen LogP contribution in [0.25, 0.3) is 6.08 Å². The molecular weight excluding hydrogens is 254 g/mol. The van der Waals surface area contributed by atoms with E-state index >= 15 is 0 Å². The van der Waals surface area contributed by atoms with Crippen molar-refractivity contribution in [3.8, 4) is 0 Å². The van der Waals surface area contributed by atoms with Crippen LogP contribution in [0.4, 0.5) is 0 Å². The molecule has 1 aliphatic rings. The van der Waals surface area contributed by atoms with Gasteiger partial charge in [-0.15, -0.1) is 0 Å². The van der Waals surface area contributed by atoms with Gasteiger partial charge in [0.15, 0.2) is 0 Å². The van der Waals surface area contributed by atoms with E-state index in [1.54, 1.807) is 24.3 Å². The van der Waals surface area contributed by atoms with Crippen LogP contribution in [0.5, 0.6) is 0 Å². The van der Waals surface area contributed by atoms with Crippen LogP contribution < -0.4 is 0 Å². The molecule has 0 bridgehead atoms. The summed E-state index contributed by atoms with van der Waals surface area (Å²) in [4.78, 5) is 24.7. The average Bonchev–Trinajstić information content (AvgIpc) is 2.76. The molecular formula is C16H19NO3. The lowest BCUT2D eigenvalue weighted by Gasteiger charge is -2.16. The number of hydrogen-bond acceptors (Lipinski definition) is 2. The van der Waals surface area contributed by atoms with Gasteiger partial charge in [0.25, 0.3) is 5.91 Å². The number of hydrogen-bond donors (Lipinski definition) is 1. The molecule has 106 valence electrons. The summed E-state index contributed by atoms with van der Waals surface area (Å²) >= 11 is 0. The van der Waals surface area contributed by atoms with Crippen LogP contribution in [0.15, 0.2) is 30.3 Å². The molecule has 20 heavy (non-hydrogen) atoms. The molecule has 1 aromatic rings. The van der Waals surface area contributed by atoms with E-state index < -0.39 is 5.97 Å². The molecule has 2 atom stereocenters. The smallest absolute Gasteiger partial charge is 0.328 e. The Morgan fingerprint density at radius 2 is 1.70 bits per heavy atom. The van der Waals surface area contributed by atoms with Gasteiger partial charge in [-0.25, -0.2) is 4.79 Å². The Kier molecular flexibility index (Phi) is 4.23. The Labute approximate surface area is 118 Å². The number of carbonyl (C=O) groups excluding carboxylic acids is 1. The zero-order valence-corrected chi connectivity index (χ0v) is 11.7. The molecule has 4 nitrogen and oxygen atoms in total. The predicted molar refractivity (Wildman–Crippen MR) is 77.3 cm³/mol. The van der Waals surface area contributed by atoms with Crippen LogP contribution in [0.3, 0.4) is 0 Å². The highest BCUT2D eigenvalue weighted by Crippen LogP contribution is 2.23. The molecule has 1 heterocycles. The first-order valence-corrected chi connectivity index (χ1v) is 6.77. The van der Waals surface area contributed by atoms with E-state index in [9.17, 15) is 9.59 Å². The molecule has 1 saturated heterocycles. The highest BCUT2D eigenvalue weighted by atomic mass is 16.4. The SMILES string of the molecule is CC1CN(C(=O)c2ccc(C=CC(=O)O)cc2)CC1C. The Bertz CT molecular complexity index is 523. The van der Waals surface area contributed by atoms with Crippen LogP contribution >= 0.6 is 0 Å². The molecule has 0 aliphatic carbocycles. The second-order valence-corrected chi connectivity index (χ2v) is 5.46. The quantitative estimate of drug-likeness (QED) is 0.861. The summed E-state index contributed by atoms with van der Waals surface area (Å²) in [6, 6.07) is 7.01. The third-order valence-corrected chi connectivity index (χ3v) is 3.85. The minimum atomic E-state index is -0.981. The first-order chi connectivity index (χ1) is 9.47. The average molecular weight is 273 g/mol. The van der Waals surface area contributed by atoms with E-state index in [4.69, 9.17) is 5.11 Å². The molecule has 2 unspecified atom stereocenters. The van der Waals surface area contributed by atoms with Gasteiger partial charge in [0.2, 0.25) is 0 Å².